The Balaban J connectivity index is 2.16. The zero-order chi connectivity index (χ0) is 14.7. The number of benzene rings is 1. The minimum atomic E-state index is 0.000118. The average molecular weight is 315 g/mol. The first-order valence-electron chi connectivity index (χ1n) is 6.30. The van der Waals surface area contributed by atoms with Crippen molar-refractivity contribution >= 4 is 34.9 Å². The fourth-order valence-electron chi connectivity index (χ4n) is 1.71. The summed E-state index contributed by atoms with van der Waals surface area (Å²) in [5.74, 6) is 0.517. The van der Waals surface area contributed by atoms with E-state index in [4.69, 9.17) is 27.6 Å². The van der Waals surface area contributed by atoms with Crippen LogP contribution in [0.1, 0.15) is 31.3 Å². The number of aryl methyl sites for hydroxylation is 1. The van der Waals surface area contributed by atoms with Crippen LogP contribution in [-0.4, -0.2) is 16.7 Å². The minimum Gasteiger partial charge on any atom is -0.406 e. The third-order valence-corrected chi connectivity index (χ3v) is 3.53. The number of anilines is 2. The van der Waals surface area contributed by atoms with Gasteiger partial charge in [0, 0.05) is 5.02 Å². The standard InChI is InChI=1S/C13H16Cl2N4O/c1-4-16-8(3)12-18-19-13(20-12)17-11-6-9(14)7(2)5-10(11)15/h5-6,8,16H,4H2,1-3H3,(H,17,19). The summed E-state index contributed by atoms with van der Waals surface area (Å²) >= 11 is 12.2. The highest BCUT2D eigenvalue weighted by atomic mass is 35.5. The molecule has 1 heterocycles. The van der Waals surface area contributed by atoms with Crippen LogP contribution in [0.15, 0.2) is 16.5 Å². The van der Waals surface area contributed by atoms with Crippen molar-refractivity contribution in [2.45, 2.75) is 26.8 Å². The third kappa shape index (κ3) is 3.42. The molecule has 7 heteroatoms. The van der Waals surface area contributed by atoms with Gasteiger partial charge in [0.2, 0.25) is 5.89 Å². The van der Waals surface area contributed by atoms with E-state index in [1.807, 2.05) is 20.8 Å². The molecule has 1 atom stereocenters. The van der Waals surface area contributed by atoms with Crippen molar-refractivity contribution in [1.82, 2.24) is 15.5 Å². The molecule has 1 aromatic heterocycles. The van der Waals surface area contributed by atoms with Crippen LogP contribution >= 0.6 is 23.2 Å². The first-order valence-corrected chi connectivity index (χ1v) is 7.06. The summed E-state index contributed by atoms with van der Waals surface area (Å²) in [7, 11) is 0. The largest absolute Gasteiger partial charge is 0.406 e. The van der Waals surface area contributed by atoms with E-state index < -0.39 is 0 Å². The van der Waals surface area contributed by atoms with Gasteiger partial charge in [-0.3, -0.25) is 0 Å². The zero-order valence-electron chi connectivity index (χ0n) is 11.5. The second kappa shape index (κ2) is 6.43. The van der Waals surface area contributed by atoms with Crippen molar-refractivity contribution in [2.75, 3.05) is 11.9 Å². The Hall–Kier alpha value is -1.30. The van der Waals surface area contributed by atoms with Gasteiger partial charge < -0.3 is 15.1 Å². The van der Waals surface area contributed by atoms with Crippen LogP contribution in [0.3, 0.4) is 0 Å². The van der Waals surface area contributed by atoms with Gasteiger partial charge in [-0.15, -0.1) is 5.10 Å². The van der Waals surface area contributed by atoms with E-state index in [0.717, 1.165) is 12.1 Å². The van der Waals surface area contributed by atoms with Crippen molar-refractivity contribution in [2.24, 2.45) is 0 Å². The Bertz CT molecular complexity index is 600. The topological polar surface area (TPSA) is 63.0 Å². The van der Waals surface area contributed by atoms with E-state index in [0.29, 0.717) is 21.6 Å². The van der Waals surface area contributed by atoms with Gasteiger partial charge in [0.25, 0.3) is 0 Å². The van der Waals surface area contributed by atoms with Crippen molar-refractivity contribution in [3.05, 3.63) is 33.6 Å². The molecule has 1 aromatic carbocycles. The monoisotopic (exact) mass is 314 g/mol. The fraction of sp³-hybridized carbons (Fsp3) is 0.385. The Morgan fingerprint density at radius 2 is 2.00 bits per heavy atom. The van der Waals surface area contributed by atoms with Crippen LogP contribution in [0.5, 0.6) is 0 Å². The molecular weight excluding hydrogens is 299 g/mol. The lowest BCUT2D eigenvalue weighted by atomic mass is 10.2. The molecule has 0 aliphatic heterocycles. The molecule has 0 amide bonds. The Labute approximate surface area is 127 Å². The normalized spacial score (nSPS) is 12.4. The van der Waals surface area contributed by atoms with E-state index in [1.54, 1.807) is 12.1 Å². The number of rotatable bonds is 5. The molecule has 0 spiro atoms. The first-order chi connectivity index (χ1) is 9.51. The molecule has 0 saturated heterocycles. The molecule has 0 saturated carbocycles. The summed E-state index contributed by atoms with van der Waals surface area (Å²) in [4.78, 5) is 0. The smallest absolute Gasteiger partial charge is 0.320 e. The number of halogens is 2. The van der Waals surface area contributed by atoms with Gasteiger partial charge in [-0.2, -0.15) is 0 Å². The minimum absolute atomic E-state index is 0.000118. The summed E-state index contributed by atoms with van der Waals surface area (Å²) < 4.78 is 5.53. The van der Waals surface area contributed by atoms with Gasteiger partial charge in [0.1, 0.15) is 0 Å². The van der Waals surface area contributed by atoms with Gasteiger partial charge in [0.05, 0.1) is 16.8 Å². The van der Waals surface area contributed by atoms with Gasteiger partial charge in [-0.1, -0.05) is 35.2 Å². The van der Waals surface area contributed by atoms with Crippen LogP contribution in [0.4, 0.5) is 11.7 Å². The second-order valence-corrected chi connectivity index (χ2v) is 5.25. The van der Waals surface area contributed by atoms with Crippen LogP contribution in [-0.2, 0) is 0 Å². The molecule has 2 rings (SSSR count). The average Bonchev–Trinajstić information content (AvgIpc) is 2.85. The van der Waals surface area contributed by atoms with Crippen molar-refractivity contribution in [1.29, 1.82) is 0 Å². The Morgan fingerprint density at radius 3 is 2.70 bits per heavy atom. The lowest BCUT2D eigenvalue weighted by molar-refractivity contribution is 0.430. The number of nitrogens with zero attached hydrogens (tertiary/aromatic N) is 2. The highest BCUT2D eigenvalue weighted by molar-refractivity contribution is 6.35. The van der Waals surface area contributed by atoms with Crippen molar-refractivity contribution in [3.63, 3.8) is 0 Å². The molecular formula is C13H16Cl2N4O. The summed E-state index contributed by atoms with van der Waals surface area (Å²) in [5, 5.41) is 15.3. The van der Waals surface area contributed by atoms with Gasteiger partial charge in [-0.05, 0) is 38.1 Å². The van der Waals surface area contributed by atoms with Gasteiger partial charge in [-0.25, -0.2) is 0 Å². The molecule has 0 aliphatic rings. The molecule has 5 nitrogen and oxygen atoms in total. The van der Waals surface area contributed by atoms with E-state index in [-0.39, 0.29) is 12.1 Å². The SMILES string of the molecule is CCNC(C)c1nnc(Nc2cc(Cl)c(C)cc2Cl)o1. The van der Waals surface area contributed by atoms with E-state index in [2.05, 4.69) is 20.8 Å². The lowest BCUT2D eigenvalue weighted by Crippen LogP contribution is -2.17. The highest BCUT2D eigenvalue weighted by Gasteiger charge is 2.14. The Kier molecular flexibility index (Phi) is 4.86. The maximum Gasteiger partial charge on any atom is 0.320 e. The maximum absolute atomic E-state index is 6.15. The molecule has 0 radical (unpaired) electrons. The zero-order valence-corrected chi connectivity index (χ0v) is 13.0. The predicted octanol–water partition coefficient (Wildman–Crippen LogP) is 4.10. The molecule has 108 valence electrons. The quantitative estimate of drug-likeness (QED) is 0.870. The van der Waals surface area contributed by atoms with Gasteiger partial charge >= 0.3 is 6.01 Å². The first kappa shape index (κ1) is 15.1. The van der Waals surface area contributed by atoms with Crippen LogP contribution in [0, 0.1) is 6.92 Å². The lowest BCUT2D eigenvalue weighted by Gasteiger charge is -2.08. The molecule has 0 aliphatic carbocycles. The molecule has 0 bridgehead atoms. The third-order valence-electron chi connectivity index (χ3n) is 2.81. The second-order valence-electron chi connectivity index (χ2n) is 4.43. The van der Waals surface area contributed by atoms with Crippen LogP contribution < -0.4 is 10.6 Å². The molecule has 0 fully saturated rings. The highest BCUT2D eigenvalue weighted by Crippen LogP contribution is 2.31. The summed E-state index contributed by atoms with van der Waals surface area (Å²) in [6.07, 6.45) is 0. The summed E-state index contributed by atoms with van der Waals surface area (Å²) in [6.45, 7) is 6.68. The number of hydrogen-bond donors (Lipinski definition) is 2. The van der Waals surface area contributed by atoms with Gasteiger partial charge in [0.15, 0.2) is 0 Å². The van der Waals surface area contributed by atoms with E-state index >= 15 is 0 Å². The maximum atomic E-state index is 6.15. The Morgan fingerprint density at radius 1 is 1.25 bits per heavy atom. The number of hydrogen-bond acceptors (Lipinski definition) is 5. The molecule has 1 unspecified atom stereocenters. The summed E-state index contributed by atoms with van der Waals surface area (Å²) in [5.41, 5.74) is 1.54. The predicted molar refractivity (Wildman–Crippen MR) is 80.9 cm³/mol. The number of aromatic nitrogens is 2. The summed E-state index contributed by atoms with van der Waals surface area (Å²) in [6, 6.07) is 3.80. The number of nitrogens with one attached hydrogen (secondary N) is 2. The molecule has 2 aromatic rings. The van der Waals surface area contributed by atoms with Crippen LogP contribution in [0.25, 0.3) is 0 Å². The molecule has 2 N–H and O–H groups in total. The van der Waals surface area contributed by atoms with E-state index in [1.165, 1.54) is 0 Å². The van der Waals surface area contributed by atoms with E-state index in [9.17, 15) is 0 Å². The van der Waals surface area contributed by atoms with Crippen molar-refractivity contribution in [3.8, 4) is 0 Å². The van der Waals surface area contributed by atoms with Crippen molar-refractivity contribution < 1.29 is 4.42 Å². The fourth-order valence-corrected chi connectivity index (χ4v) is 2.14. The molecule has 20 heavy (non-hydrogen) atoms. The van der Waals surface area contributed by atoms with Crippen LogP contribution in [0.2, 0.25) is 10.0 Å².